The summed E-state index contributed by atoms with van der Waals surface area (Å²) in [4.78, 5) is 0. The van der Waals surface area contributed by atoms with E-state index in [9.17, 15) is 0 Å². The molecule has 33 heavy (non-hydrogen) atoms. The number of fused-ring (bicyclic) bond motifs is 3. The molecular formula is C26H38Br2O3Si2. The minimum Gasteiger partial charge on any atom is -0.455 e. The summed E-state index contributed by atoms with van der Waals surface area (Å²) in [7, 11) is -3.77. The molecule has 0 aliphatic heterocycles. The van der Waals surface area contributed by atoms with Crippen LogP contribution in [0.1, 0.15) is 52.7 Å². The summed E-state index contributed by atoms with van der Waals surface area (Å²) in [6.07, 6.45) is 0. The van der Waals surface area contributed by atoms with E-state index in [1.165, 1.54) is 0 Å². The Balaban J connectivity index is 2.07. The summed E-state index contributed by atoms with van der Waals surface area (Å²) in [6, 6.07) is 8.53. The van der Waals surface area contributed by atoms with Crippen molar-refractivity contribution in [3.05, 3.63) is 44.3 Å². The van der Waals surface area contributed by atoms with Crippen molar-refractivity contribution in [3.63, 3.8) is 0 Å². The third-order valence-electron chi connectivity index (χ3n) is 7.54. The molecule has 0 fully saturated rings. The van der Waals surface area contributed by atoms with Gasteiger partial charge in [0.1, 0.15) is 11.2 Å². The molecule has 0 unspecified atom stereocenters. The van der Waals surface area contributed by atoms with E-state index in [4.69, 9.17) is 13.3 Å². The van der Waals surface area contributed by atoms with Crippen molar-refractivity contribution in [1.82, 2.24) is 0 Å². The Labute approximate surface area is 218 Å². The first kappa shape index (κ1) is 27.1. The van der Waals surface area contributed by atoms with Crippen LogP contribution < -0.4 is 0 Å². The average Bonchev–Trinajstić information content (AvgIpc) is 3.01. The summed E-state index contributed by atoms with van der Waals surface area (Å²) in [5.41, 5.74) is 3.96. The van der Waals surface area contributed by atoms with E-state index in [0.29, 0.717) is 13.2 Å². The fourth-order valence-corrected chi connectivity index (χ4v) is 6.12. The fraction of sp³-hybridized carbons (Fsp3) is 0.538. The molecule has 0 atom stereocenters. The SMILES string of the molecule is CC(C)(C)[Si](C)(C)OCc1cc(Br)cc2c1oc1c(CO[Si](C)(C)C(C)(C)C)cc(Br)cc12. The minimum atomic E-state index is -1.88. The minimum absolute atomic E-state index is 0.158. The molecule has 3 nitrogen and oxygen atoms in total. The van der Waals surface area contributed by atoms with Crippen LogP contribution in [0.25, 0.3) is 21.9 Å². The van der Waals surface area contributed by atoms with Crippen molar-refractivity contribution in [3.8, 4) is 0 Å². The van der Waals surface area contributed by atoms with Crippen LogP contribution in [0, 0.1) is 0 Å². The lowest BCUT2D eigenvalue weighted by Gasteiger charge is -2.36. The highest BCUT2D eigenvalue weighted by Gasteiger charge is 2.38. The first-order valence-electron chi connectivity index (χ1n) is 11.5. The topological polar surface area (TPSA) is 31.6 Å². The van der Waals surface area contributed by atoms with Gasteiger partial charge in [0.25, 0.3) is 0 Å². The molecule has 0 bridgehead atoms. The Hall–Kier alpha value is -0.446. The average molecular weight is 615 g/mol. The molecule has 1 heterocycles. The van der Waals surface area contributed by atoms with Crippen molar-refractivity contribution in [2.45, 2.75) is 91.0 Å². The third kappa shape index (κ3) is 5.70. The van der Waals surface area contributed by atoms with E-state index >= 15 is 0 Å². The zero-order chi connectivity index (χ0) is 25.0. The van der Waals surface area contributed by atoms with Crippen LogP contribution in [0.15, 0.2) is 37.6 Å². The number of benzene rings is 2. The highest BCUT2D eigenvalue weighted by atomic mass is 79.9. The third-order valence-corrected chi connectivity index (χ3v) is 17.4. The molecule has 3 rings (SSSR count). The smallest absolute Gasteiger partial charge is 0.192 e. The maximum Gasteiger partial charge on any atom is 0.192 e. The van der Waals surface area contributed by atoms with E-state index in [1.807, 2.05) is 0 Å². The van der Waals surface area contributed by atoms with Gasteiger partial charge in [0, 0.05) is 30.8 Å². The molecule has 7 heteroatoms. The van der Waals surface area contributed by atoms with Gasteiger partial charge in [0.05, 0.1) is 13.2 Å². The van der Waals surface area contributed by atoms with Gasteiger partial charge in [-0.1, -0.05) is 73.4 Å². The van der Waals surface area contributed by atoms with Gasteiger partial charge in [-0.2, -0.15) is 0 Å². The number of furan rings is 1. The van der Waals surface area contributed by atoms with Crippen LogP contribution >= 0.6 is 31.9 Å². The van der Waals surface area contributed by atoms with E-state index in [2.05, 4.69) is 124 Å². The number of halogens is 2. The molecule has 0 aliphatic rings. The first-order chi connectivity index (χ1) is 14.9. The molecule has 0 amide bonds. The first-order valence-corrected chi connectivity index (χ1v) is 18.9. The molecule has 0 saturated carbocycles. The van der Waals surface area contributed by atoms with Crippen LogP contribution in [0.2, 0.25) is 36.3 Å². The molecule has 3 aromatic rings. The van der Waals surface area contributed by atoms with Crippen LogP contribution in [0.4, 0.5) is 0 Å². The Morgan fingerprint density at radius 3 is 1.30 bits per heavy atom. The number of rotatable bonds is 6. The Kier molecular flexibility index (Phi) is 7.58. The zero-order valence-corrected chi connectivity index (χ0v) is 26.9. The quantitative estimate of drug-likeness (QED) is 0.259. The van der Waals surface area contributed by atoms with Crippen molar-refractivity contribution in [2.24, 2.45) is 0 Å². The van der Waals surface area contributed by atoms with E-state index in [0.717, 1.165) is 42.0 Å². The second-order valence-electron chi connectivity index (χ2n) is 12.1. The molecule has 0 saturated heterocycles. The molecule has 0 radical (unpaired) electrons. The lowest BCUT2D eigenvalue weighted by atomic mass is 10.1. The maximum absolute atomic E-state index is 6.56. The fourth-order valence-electron chi connectivity index (χ4n) is 3.21. The monoisotopic (exact) mass is 612 g/mol. The molecule has 0 aliphatic carbocycles. The summed E-state index contributed by atoms with van der Waals surface area (Å²) >= 11 is 7.43. The normalized spacial score (nSPS) is 13.9. The molecule has 0 spiro atoms. The molecule has 182 valence electrons. The van der Waals surface area contributed by atoms with Crippen molar-refractivity contribution in [2.75, 3.05) is 0 Å². The Bertz CT molecular complexity index is 1080. The molecular weight excluding hydrogens is 576 g/mol. The summed E-state index contributed by atoms with van der Waals surface area (Å²) in [6.45, 7) is 23.8. The van der Waals surface area contributed by atoms with Crippen LogP contribution in [-0.4, -0.2) is 16.6 Å². The van der Waals surface area contributed by atoms with Gasteiger partial charge >= 0.3 is 0 Å². The molecule has 1 aromatic heterocycles. The highest BCUT2D eigenvalue weighted by molar-refractivity contribution is 9.10. The zero-order valence-electron chi connectivity index (χ0n) is 21.7. The van der Waals surface area contributed by atoms with Crippen molar-refractivity contribution in [1.29, 1.82) is 0 Å². The van der Waals surface area contributed by atoms with Gasteiger partial charge in [0.15, 0.2) is 16.6 Å². The summed E-state index contributed by atoms with van der Waals surface area (Å²) < 4.78 is 21.7. The largest absolute Gasteiger partial charge is 0.455 e. The predicted octanol–water partition coefficient (Wildman–Crippen LogP) is 10.2. The molecule has 0 N–H and O–H groups in total. The molecule has 2 aromatic carbocycles. The predicted molar refractivity (Wildman–Crippen MR) is 153 cm³/mol. The van der Waals surface area contributed by atoms with Gasteiger partial charge < -0.3 is 13.3 Å². The van der Waals surface area contributed by atoms with Gasteiger partial charge in [-0.25, -0.2) is 0 Å². The van der Waals surface area contributed by atoms with Gasteiger partial charge in [-0.3, -0.25) is 0 Å². The Morgan fingerprint density at radius 2 is 1.00 bits per heavy atom. The lowest BCUT2D eigenvalue weighted by Crippen LogP contribution is -2.40. The summed E-state index contributed by atoms with van der Waals surface area (Å²) in [5.74, 6) is 0. The van der Waals surface area contributed by atoms with Crippen LogP contribution in [0.3, 0.4) is 0 Å². The van der Waals surface area contributed by atoms with Crippen LogP contribution in [0.5, 0.6) is 0 Å². The number of hydrogen-bond acceptors (Lipinski definition) is 3. The number of hydrogen-bond donors (Lipinski definition) is 0. The van der Waals surface area contributed by atoms with Gasteiger partial charge in [-0.05, 0) is 60.5 Å². The standard InChI is InChI=1S/C26H38Br2O3Si2/c1-25(2,3)32(7,8)29-15-17-11-19(27)13-21-22-14-20(28)12-18(24(22)31-23(17)21)16-30-33(9,10)26(4,5)6/h11-14H,15-16H2,1-10H3. The lowest BCUT2D eigenvalue weighted by molar-refractivity contribution is 0.275. The van der Waals surface area contributed by atoms with Gasteiger partial charge in [-0.15, -0.1) is 0 Å². The Morgan fingerprint density at radius 1 is 0.667 bits per heavy atom. The van der Waals surface area contributed by atoms with Gasteiger partial charge in [0.2, 0.25) is 0 Å². The second-order valence-corrected chi connectivity index (χ2v) is 23.5. The highest BCUT2D eigenvalue weighted by Crippen LogP contribution is 2.41. The van der Waals surface area contributed by atoms with Crippen molar-refractivity contribution >= 4 is 70.4 Å². The van der Waals surface area contributed by atoms with E-state index in [1.54, 1.807) is 0 Å². The van der Waals surface area contributed by atoms with Crippen molar-refractivity contribution < 1.29 is 13.3 Å². The second kappa shape index (κ2) is 9.21. The summed E-state index contributed by atoms with van der Waals surface area (Å²) in [5, 5.41) is 2.52. The van der Waals surface area contributed by atoms with Crippen LogP contribution in [-0.2, 0) is 22.1 Å². The maximum atomic E-state index is 6.56. The van der Waals surface area contributed by atoms with E-state index in [-0.39, 0.29) is 10.1 Å². The van der Waals surface area contributed by atoms with E-state index < -0.39 is 16.6 Å².